The Morgan fingerprint density at radius 1 is 0.727 bits per heavy atom. The van der Waals surface area contributed by atoms with Gasteiger partial charge in [-0.15, -0.1) is 22.7 Å². The lowest BCUT2D eigenvalue weighted by molar-refractivity contribution is 0.262. The summed E-state index contributed by atoms with van der Waals surface area (Å²) in [6.07, 6.45) is 12.5. The standard InChI is InChI=1S/C36H38N2O4S2/c1-39-27-19-29-25(17-23(27)21-9-5-3-6-10-21)37-35(41-29)33-15-13-31(43-33)32-14-16-34(44-32)36-38-26-18-24(22-11-7-4-8-12-22)28(40-2)20-30(26)42-36/h13-22,35,37H,3-12H2,1-2H3. The lowest BCUT2D eigenvalue weighted by atomic mass is 9.83. The molecule has 0 saturated heterocycles. The number of aromatic nitrogens is 1. The first kappa shape index (κ1) is 28.0. The highest BCUT2D eigenvalue weighted by Gasteiger charge is 2.29. The minimum atomic E-state index is -0.208. The number of thiophene rings is 2. The monoisotopic (exact) mass is 626 g/mol. The summed E-state index contributed by atoms with van der Waals surface area (Å²) in [7, 11) is 3.52. The second-order valence-electron chi connectivity index (χ2n) is 12.3. The highest BCUT2D eigenvalue weighted by atomic mass is 32.1. The molecule has 2 aromatic carbocycles. The Bertz CT molecular complexity index is 1790. The molecule has 0 amide bonds. The van der Waals surface area contributed by atoms with Crippen LogP contribution in [0.4, 0.5) is 5.69 Å². The van der Waals surface area contributed by atoms with Crippen LogP contribution in [0.25, 0.3) is 31.6 Å². The molecule has 1 N–H and O–H groups in total. The topological polar surface area (TPSA) is 65.8 Å². The van der Waals surface area contributed by atoms with Gasteiger partial charge in [-0.1, -0.05) is 38.5 Å². The summed E-state index contributed by atoms with van der Waals surface area (Å²) in [5, 5.41) is 3.63. The van der Waals surface area contributed by atoms with Crippen LogP contribution in [0.1, 0.15) is 98.3 Å². The molecule has 6 nitrogen and oxygen atoms in total. The molecule has 1 atom stereocenters. The Kier molecular flexibility index (Phi) is 7.50. The highest BCUT2D eigenvalue weighted by Crippen LogP contribution is 2.48. The predicted molar refractivity (Wildman–Crippen MR) is 179 cm³/mol. The van der Waals surface area contributed by atoms with Crippen molar-refractivity contribution in [2.75, 3.05) is 19.5 Å². The van der Waals surface area contributed by atoms with Gasteiger partial charge in [0.25, 0.3) is 0 Å². The minimum absolute atomic E-state index is 0.208. The molecule has 2 fully saturated rings. The Morgan fingerprint density at radius 3 is 2.09 bits per heavy atom. The van der Waals surface area contributed by atoms with Gasteiger partial charge in [0.2, 0.25) is 12.1 Å². The molecule has 2 saturated carbocycles. The molecule has 228 valence electrons. The summed E-state index contributed by atoms with van der Waals surface area (Å²) < 4.78 is 24.3. The first-order chi connectivity index (χ1) is 21.7. The molecule has 0 spiro atoms. The number of oxazole rings is 1. The second-order valence-corrected chi connectivity index (χ2v) is 14.5. The van der Waals surface area contributed by atoms with Gasteiger partial charge in [0.15, 0.2) is 5.58 Å². The number of methoxy groups -OCH3 is 2. The molecule has 2 aliphatic carbocycles. The molecule has 5 aromatic rings. The molecule has 0 radical (unpaired) electrons. The third kappa shape index (κ3) is 5.16. The summed E-state index contributed by atoms with van der Waals surface area (Å²) in [6, 6.07) is 17.2. The van der Waals surface area contributed by atoms with Crippen LogP contribution in [-0.2, 0) is 0 Å². The number of hydrogen-bond donors (Lipinski definition) is 1. The van der Waals surface area contributed by atoms with E-state index in [1.165, 1.54) is 85.1 Å². The van der Waals surface area contributed by atoms with Crippen LogP contribution in [-0.4, -0.2) is 19.2 Å². The van der Waals surface area contributed by atoms with E-state index in [0.717, 1.165) is 43.8 Å². The number of nitrogens with one attached hydrogen (secondary N) is 1. The highest BCUT2D eigenvalue weighted by molar-refractivity contribution is 7.23. The first-order valence-corrected chi connectivity index (χ1v) is 17.6. The van der Waals surface area contributed by atoms with Crippen molar-refractivity contribution in [2.45, 2.75) is 82.3 Å². The fourth-order valence-electron chi connectivity index (χ4n) is 7.32. The summed E-state index contributed by atoms with van der Waals surface area (Å²) >= 11 is 3.46. The van der Waals surface area contributed by atoms with Crippen LogP contribution in [0.15, 0.2) is 52.9 Å². The van der Waals surface area contributed by atoms with E-state index in [9.17, 15) is 0 Å². The summed E-state index contributed by atoms with van der Waals surface area (Å²) in [6.45, 7) is 0. The number of anilines is 1. The van der Waals surface area contributed by atoms with E-state index in [4.69, 9.17) is 23.6 Å². The first-order valence-electron chi connectivity index (χ1n) is 16.0. The fraction of sp³-hybridized carbons (Fsp3) is 0.417. The number of benzene rings is 2. The van der Waals surface area contributed by atoms with Gasteiger partial charge in [0.05, 0.1) is 29.7 Å². The van der Waals surface area contributed by atoms with Crippen LogP contribution in [0.5, 0.6) is 17.2 Å². The van der Waals surface area contributed by atoms with Gasteiger partial charge in [-0.05, 0) is 85.0 Å². The SMILES string of the molecule is COc1cc2c(cc1C1CCCCC1)NC(c1ccc(-c3ccc(-c4nc5cc(C6CCCCC6)c(OC)cc5o4)s3)s1)O2. The molecule has 3 aromatic heterocycles. The molecule has 4 heterocycles. The Balaban J connectivity index is 1.01. The number of rotatable bonds is 7. The van der Waals surface area contributed by atoms with Gasteiger partial charge in [-0.25, -0.2) is 4.98 Å². The fourth-order valence-corrected chi connectivity index (χ4v) is 9.33. The zero-order valence-electron chi connectivity index (χ0n) is 25.3. The zero-order chi connectivity index (χ0) is 29.6. The normalized spacial score (nSPS) is 19.1. The van der Waals surface area contributed by atoms with Crippen LogP contribution in [0, 0.1) is 0 Å². The Hall–Kier alpha value is -3.49. The quantitative estimate of drug-likeness (QED) is 0.194. The van der Waals surface area contributed by atoms with E-state index < -0.39 is 0 Å². The van der Waals surface area contributed by atoms with Gasteiger partial charge in [0.1, 0.15) is 22.8 Å². The van der Waals surface area contributed by atoms with Crippen LogP contribution < -0.4 is 19.5 Å². The van der Waals surface area contributed by atoms with Crippen molar-refractivity contribution in [3.8, 4) is 37.8 Å². The maximum atomic E-state index is 6.39. The van der Waals surface area contributed by atoms with Crippen molar-refractivity contribution in [3.63, 3.8) is 0 Å². The lowest BCUT2D eigenvalue weighted by Gasteiger charge is -2.24. The van der Waals surface area contributed by atoms with Crippen molar-refractivity contribution >= 4 is 39.5 Å². The molecule has 0 bridgehead atoms. The molecule has 3 aliphatic rings. The smallest absolute Gasteiger partial charge is 0.237 e. The van der Waals surface area contributed by atoms with E-state index in [2.05, 4.69) is 47.8 Å². The van der Waals surface area contributed by atoms with Crippen molar-refractivity contribution in [1.29, 1.82) is 0 Å². The van der Waals surface area contributed by atoms with Crippen LogP contribution >= 0.6 is 22.7 Å². The third-order valence-electron chi connectivity index (χ3n) is 9.64. The third-order valence-corrected chi connectivity index (χ3v) is 12.0. The summed E-state index contributed by atoms with van der Waals surface area (Å²) in [5.41, 5.74) is 5.32. The average Bonchev–Trinajstić information content (AvgIpc) is 3.89. The van der Waals surface area contributed by atoms with Crippen molar-refractivity contribution in [3.05, 3.63) is 64.5 Å². The number of ether oxygens (including phenoxy) is 3. The van der Waals surface area contributed by atoms with E-state index in [1.807, 2.05) is 6.07 Å². The molecule has 44 heavy (non-hydrogen) atoms. The summed E-state index contributed by atoms with van der Waals surface area (Å²) in [5.74, 6) is 4.48. The van der Waals surface area contributed by atoms with E-state index in [-0.39, 0.29) is 6.23 Å². The van der Waals surface area contributed by atoms with Gasteiger partial charge in [0, 0.05) is 21.9 Å². The molecular weight excluding hydrogens is 589 g/mol. The van der Waals surface area contributed by atoms with Gasteiger partial charge in [-0.3, -0.25) is 0 Å². The number of nitrogens with zero attached hydrogens (tertiary/aromatic N) is 1. The van der Waals surface area contributed by atoms with Crippen molar-refractivity contribution < 1.29 is 18.6 Å². The maximum Gasteiger partial charge on any atom is 0.237 e. The molecule has 1 aliphatic heterocycles. The molecular formula is C36H38N2O4S2. The van der Waals surface area contributed by atoms with Crippen molar-refractivity contribution in [2.24, 2.45) is 0 Å². The van der Waals surface area contributed by atoms with Gasteiger partial charge >= 0.3 is 0 Å². The van der Waals surface area contributed by atoms with E-state index in [1.54, 1.807) is 36.9 Å². The van der Waals surface area contributed by atoms with Crippen LogP contribution in [0.2, 0.25) is 0 Å². The lowest BCUT2D eigenvalue weighted by Crippen LogP contribution is -2.08. The maximum absolute atomic E-state index is 6.39. The molecule has 8 heteroatoms. The van der Waals surface area contributed by atoms with Crippen molar-refractivity contribution in [1.82, 2.24) is 4.98 Å². The predicted octanol–water partition coefficient (Wildman–Crippen LogP) is 10.9. The van der Waals surface area contributed by atoms with Crippen LogP contribution in [0.3, 0.4) is 0 Å². The van der Waals surface area contributed by atoms with E-state index >= 15 is 0 Å². The average molecular weight is 627 g/mol. The second kappa shape index (κ2) is 11.8. The molecule has 8 rings (SSSR count). The zero-order valence-corrected chi connectivity index (χ0v) is 27.0. The summed E-state index contributed by atoms with van der Waals surface area (Å²) in [4.78, 5) is 9.48. The largest absolute Gasteiger partial charge is 0.496 e. The molecule has 1 unspecified atom stereocenters. The van der Waals surface area contributed by atoms with Gasteiger partial charge < -0.3 is 23.9 Å². The number of hydrogen-bond acceptors (Lipinski definition) is 8. The minimum Gasteiger partial charge on any atom is -0.496 e. The van der Waals surface area contributed by atoms with Gasteiger partial charge in [-0.2, -0.15) is 0 Å². The Morgan fingerprint density at radius 2 is 1.36 bits per heavy atom. The van der Waals surface area contributed by atoms with E-state index in [0.29, 0.717) is 17.7 Å². The Labute approximate surface area is 266 Å². The number of fused-ring (bicyclic) bond motifs is 2.